The van der Waals surface area contributed by atoms with E-state index in [1.807, 2.05) is 37.3 Å². The summed E-state index contributed by atoms with van der Waals surface area (Å²) in [6.45, 7) is 1.84. The first-order valence-electron chi connectivity index (χ1n) is 4.86. The van der Waals surface area contributed by atoms with Crippen LogP contribution in [0.15, 0.2) is 42.5 Å². The Balaban J connectivity index is 2.55. The maximum absolute atomic E-state index is 11.3. The van der Waals surface area contributed by atoms with Gasteiger partial charge in [0.15, 0.2) is 0 Å². The molecule has 0 fully saturated rings. The molecule has 84 valence electrons. The third-order valence-electron chi connectivity index (χ3n) is 2.04. The standard InChI is InChI=1S/C12H13NO3/c1-9(10-5-3-2-4-6-10)13-11(14)7-8-12(15)16/h2-9H,1H3,(H,13,14)(H,15,16)/b8-7-/t9-/m1/s1. The molecule has 0 aliphatic carbocycles. The molecule has 0 aliphatic heterocycles. The molecule has 2 N–H and O–H groups in total. The number of amides is 1. The molecule has 0 aliphatic rings. The lowest BCUT2D eigenvalue weighted by Crippen LogP contribution is -2.24. The minimum Gasteiger partial charge on any atom is -0.478 e. The van der Waals surface area contributed by atoms with E-state index in [9.17, 15) is 9.59 Å². The Morgan fingerprint density at radius 1 is 1.25 bits per heavy atom. The molecule has 1 amide bonds. The van der Waals surface area contributed by atoms with E-state index in [0.717, 1.165) is 17.7 Å². The summed E-state index contributed by atoms with van der Waals surface area (Å²) in [6.07, 6.45) is 1.81. The molecular weight excluding hydrogens is 206 g/mol. The Morgan fingerprint density at radius 2 is 1.88 bits per heavy atom. The number of rotatable bonds is 4. The highest BCUT2D eigenvalue weighted by molar-refractivity contribution is 5.94. The summed E-state index contributed by atoms with van der Waals surface area (Å²) in [5.41, 5.74) is 0.972. The second-order valence-electron chi connectivity index (χ2n) is 3.31. The molecule has 0 bridgehead atoms. The topological polar surface area (TPSA) is 66.4 Å². The fraction of sp³-hybridized carbons (Fsp3) is 0.167. The molecule has 0 saturated carbocycles. The van der Waals surface area contributed by atoms with E-state index in [1.54, 1.807) is 0 Å². The Hall–Kier alpha value is -2.10. The average Bonchev–Trinajstić information content (AvgIpc) is 2.27. The quantitative estimate of drug-likeness (QED) is 0.754. The summed E-state index contributed by atoms with van der Waals surface area (Å²) in [6, 6.07) is 9.29. The number of hydrogen-bond donors (Lipinski definition) is 2. The smallest absolute Gasteiger partial charge is 0.328 e. The van der Waals surface area contributed by atoms with Crippen LogP contribution in [-0.4, -0.2) is 17.0 Å². The molecule has 0 heterocycles. The van der Waals surface area contributed by atoms with Crippen molar-refractivity contribution in [3.05, 3.63) is 48.0 Å². The van der Waals surface area contributed by atoms with Crippen molar-refractivity contribution in [2.75, 3.05) is 0 Å². The molecule has 0 spiro atoms. The maximum Gasteiger partial charge on any atom is 0.328 e. The Morgan fingerprint density at radius 3 is 2.44 bits per heavy atom. The molecule has 1 aromatic rings. The van der Waals surface area contributed by atoms with Crippen LogP contribution in [0.3, 0.4) is 0 Å². The van der Waals surface area contributed by atoms with Gasteiger partial charge in [-0.05, 0) is 12.5 Å². The summed E-state index contributed by atoms with van der Waals surface area (Å²) < 4.78 is 0. The highest BCUT2D eigenvalue weighted by Gasteiger charge is 2.06. The average molecular weight is 219 g/mol. The van der Waals surface area contributed by atoms with Crippen molar-refractivity contribution in [3.8, 4) is 0 Å². The van der Waals surface area contributed by atoms with Crippen molar-refractivity contribution in [1.82, 2.24) is 5.32 Å². The molecular formula is C12H13NO3. The first-order chi connectivity index (χ1) is 7.59. The summed E-state index contributed by atoms with van der Waals surface area (Å²) in [4.78, 5) is 21.5. The van der Waals surface area contributed by atoms with Crippen LogP contribution in [0.1, 0.15) is 18.5 Å². The van der Waals surface area contributed by atoms with E-state index in [2.05, 4.69) is 5.32 Å². The van der Waals surface area contributed by atoms with Crippen LogP contribution in [0.4, 0.5) is 0 Å². The molecule has 4 heteroatoms. The van der Waals surface area contributed by atoms with Crippen LogP contribution in [-0.2, 0) is 9.59 Å². The van der Waals surface area contributed by atoms with Gasteiger partial charge in [0.25, 0.3) is 0 Å². The summed E-state index contributed by atoms with van der Waals surface area (Å²) in [5.74, 6) is -1.55. The summed E-state index contributed by atoms with van der Waals surface area (Å²) in [5, 5.41) is 11.0. The predicted octanol–water partition coefficient (Wildman–Crippen LogP) is 1.50. The zero-order valence-electron chi connectivity index (χ0n) is 8.88. The molecule has 0 aromatic heterocycles. The number of carbonyl (C=O) groups is 2. The van der Waals surface area contributed by atoms with Crippen molar-refractivity contribution < 1.29 is 14.7 Å². The van der Waals surface area contributed by atoms with Crippen LogP contribution >= 0.6 is 0 Å². The van der Waals surface area contributed by atoms with Crippen LogP contribution in [0.5, 0.6) is 0 Å². The van der Waals surface area contributed by atoms with Gasteiger partial charge in [0, 0.05) is 12.2 Å². The summed E-state index contributed by atoms with van der Waals surface area (Å²) >= 11 is 0. The molecule has 1 rings (SSSR count). The van der Waals surface area contributed by atoms with E-state index in [0.29, 0.717) is 0 Å². The highest BCUT2D eigenvalue weighted by atomic mass is 16.4. The van der Waals surface area contributed by atoms with E-state index < -0.39 is 11.9 Å². The Labute approximate surface area is 93.6 Å². The normalized spacial score (nSPS) is 12.3. The number of aliphatic carboxylic acids is 1. The van der Waals surface area contributed by atoms with Gasteiger partial charge in [0.1, 0.15) is 0 Å². The minimum atomic E-state index is -1.14. The lowest BCUT2D eigenvalue weighted by atomic mass is 10.1. The number of carboxylic acids is 1. The Bertz CT molecular complexity index is 398. The van der Waals surface area contributed by atoms with Crippen LogP contribution in [0.25, 0.3) is 0 Å². The zero-order chi connectivity index (χ0) is 12.0. The number of carbonyl (C=O) groups excluding carboxylic acids is 1. The monoisotopic (exact) mass is 219 g/mol. The van der Waals surface area contributed by atoms with E-state index in [4.69, 9.17) is 5.11 Å². The van der Waals surface area contributed by atoms with Crippen LogP contribution < -0.4 is 5.32 Å². The van der Waals surface area contributed by atoms with Gasteiger partial charge in [-0.2, -0.15) is 0 Å². The zero-order valence-corrected chi connectivity index (χ0v) is 8.88. The molecule has 1 atom stereocenters. The molecule has 16 heavy (non-hydrogen) atoms. The number of nitrogens with one attached hydrogen (secondary N) is 1. The fourth-order valence-corrected chi connectivity index (χ4v) is 1.23. The van der Waals surface area contributed by atoms with Gasteiger partial charge in [0.05, 0.1) is 6.04 Å². The van der Waals surface area contributed by atoms with E-state index in [1.165, 1.54) is 0 Å². The van der Waals surface area contributed by atoms with E-state index in [-0.39, 0.29) is 6.04 Å². The third kappa shape index (κ3) is 3.96. The number of benzene rings is 1. The number of carboxylic acid groups (broad SMARTS) is 1. The van der Waals surface area contributed by atoms with Crippen molar-refractivity contribution in [2.45, 2.75) is 13.0 Å². The molecule has 1 aromatic carbocycles. The van der Waals surface area contributed by atoms with Gasteiger partial charge in [0.2, 0.25) is 5.91 Å². The molecule has 0 unspecified atom stereocenters. The van der Waals surface area contributed by atoms with E-state index >= 15 is 0 Å². The lowest BCUT2D eigenvalue weighted by molar-refractivity contribution is -0.131. The van der Waals surface area contributed by atoms with Crippen molar-refractivity contribution in [1.29, 1.82) is 0 Å². The second-order valence-corrected chi connectivity index (χ2v) is 3.31. The van der Waals surface area contributed by atoms with Gasteiger partial charge in [-0.3, -0.25) is 4.79 Å². The van der Waals surface area contributed by atoms with Gasteiger partial charge < -0.3 is 10.4 Å². The maximum atomic E-state index is 11.3. The minimum absolute atomic E-state index is 0.146. The largest absolute Gasteiger partial charge is 0.478 e. The SMILES string of the molecule is C[C@@H](NC(=O)/C=C\C(=O)O)c1ccccc1. The van der Waals surface area contributed by atoms with Crippen molar-refractivity contribution in [3.63, 3.8) is 0 Å². The van der Waals surface area contributed by atoms with Crippen molar-refractivity contribution in [2.24, 2.45) is 0 Å². The van der Waals surface area contributed by atoms with Gasteiger partial charge in [-0.1, -0.05) is 30.3 Å². The fourth-order valence-electron chi connectivity index (χ4n) is 1.23. The summed E-state index contributed by atoms with van der Waals surface area (Å²) in [7, 11) is 0. The Kier molecular flexibility index (Phi) is 4.27. The van der Waals surface area contributed by atoms with Crippen LogP contribution in [0, 0.1) is 0 Å². The third-order valence-corrected chi connectivity index (χ3v) is 2.04. The molecule has 0 saturated heterocycles. The van der Waals surface area contributed by atoms with Gasteiger partial charge >= 0.3 is 5.97 Å². The van der Waals surface area contributed by atoms with Crippen molar-refractivity contribution >= 4 is 11.9 Å². The first-order valence-corrected chi connectivity index (χ1v) is 4.86. The highest BCUT2D eigenvalue weighted by Crippen LogP contribution is 2.10. The molecule has 0 radical (unpaired) electrons. The predicted molar refractivity (Wildman–Crippen MR) is 59.8 cm³/mol. The molecule has 4 nitrogen and oxygen atoms in total. The van der Waals surface area contributed by atoms with Gasteiger partial charge in [-0.25, -0.2) is 4.79 Å². The first kappa shape index (κ1) is 12.0. The lowest BCUT2D eigenvalue weighted by Gasteiger charge is -2.12. The second kappa shape index (κ2) is 5.70. The van der Waals surface area contributed by atoms with Crippen LogP contribution in [0.2, 0.25) is 0 Å². The van der Waals surface area contributed by atoms with Gasteiger partial charge in [-0.15, -0.1) is 0 Å². The number of hydrogen-bond acceptors (Lipinski definition) is 2.